The Morgan fingerprint density at radius 3 is 2.89 bits per heavy atom. The molecule has 18 heavy (non-hydrogen) atoms. The fourth-order valence-corrected chi connectivity index (χ4v) is 3.11. The van der Waals surface area contributed by atoms with Gasteiger partial charge in [-0.15, -0.1) is 11.3 Å². The quantitative estimate of drug-likeness (QED) is 0.780. The van der Waals surface area contributed by atoms with Crippen molar-refractivity contribution in [1.82, 2.24) is 9.38 Å². The number of benzene rings is 1. The highest BCUT2D eigenvalue weighted by molar-refractivity contribution is 7.15. The molecule has 2 heterocycles. The molecule has 0 spiro atoms. The molecule has 6 heteroatoms. The van der Waals surface area contributed by atoms with Gasteiger partial charge < -0.3 is 5.11 Å². The van der Waals surface area contributed by atoms with Crippen LogP contribution in [-0.4, -0.2) is 14.5 Å². The summed E-state index contributed by atoms with van der Waals surface area (Å²) in [7, 11) is 0. The van der Waals surface area contributed by atoms with Crippen LogP contribution in [0.1, 0.15) is 5.69 Å². The van der Waals surface area contributed by atoms with Gasteiger partial charge in [-0.1, -0.05) is 23.2 Å². The average molecular weight is 299 g/mol. The maximum atomic E-state index is 9.51. The molecule has 2 aromatic heterocycles. The normalized spacial score (nSPS) is 11.3. The van der Waals surface area contributed by atoms with E-state index < -0.39 is 0 Å². The molecule has 1 aromatic carbocycles. The summed E-state index contributed by atoms with van der Waals surface area (Å²) in [5.41, 5.74) is 2.21. The molecule has 92 valence electrons. The van der Waals surface area contributed by atoms with Crippen molar-refractivity contribution in [3.63, 3.8) is 0 Å². The smallest absolute Gasteiger partial charge is 0.194 e. The molecule has 0 saturated carbocycles. The first-order valence-electron chi connectivity index (χ1n) is 5.21. The molecule has 0 aliphatic heterocycles. The van der Waals surface area contributed by atoms with Crippen molar-refractivity contribution in [2.24, 2.45) is 0 Å². The number of imidazole rings is 1. The van der Waals surface area contributed by atoms with Gasteiger partial charge in [0, 0.05) is 22.2 Å². The minimum Gasteiger partial charge on any atom is -0.390 e. The largest absolute Gasteiger partial charge is 0.390 e. The summed E-state index contributed by atoms with van der Waals surface area (Å²) in [5, 5.41) is 12.5. The Labute approximate surface area is 117 Å². The Morgan fingerprint density at radius 1 is 1.33 bits per heavy atom. The molecule has 3 nitrogen and oxygen atoms in total. The van der Waals surface area contributed by atoms with Crippen molar-refractivity contribution >= 4 is 39.5 Å². The van der Waals surface area contributed by atoms with Gasteiger partial charge in [-0.3, -0.25) is 4.40 Å². The molecule has 0 amide bonds. The highest BCUT2D eigenvalue weighted by atomic mass is 35.5. The van der Waals surface area contributed by atoms with Gasteiger partial charge in [0.15, 0.2) is 4.96 Å². The van der Waals surface area contributed by atoms with Gasteiger partial charge in [-0.05, 0) is 18.2 Å². The summed E-state index contributed by atoms with van der Waals surface area (Å²) in [6, 6.07) is 5.25. The molecule has 0 radical (unpaired) electrons. The zero-order chi connectivity index (χ0) is 12.7. The third-order valence-electron chi connectivity index (χ3n) is 2.70. The fourth-order valence-electron chi connectivity index (χ4n) is 1.88. The van der Waals surface area contributed by atoms with Crippen LogP contribution in [0, 0.1) is 0 Å². The summed E-state index contributed by atoms with van der Waals surface area (Å²) >= 11 is 13.6. The van der Waals surface area contributed by atoms with Crippen LogP contribution in [0.2, 0.25) is 10.0 Å². The Hall–Kier alpha value is -1.07. The maximum Gasteiger partial charge on any atom is 0.194 e. The van der Waals surface area contributed by atoms with Crippen molar-refractivity contribution in [3.05, 3.63) is 45.5 Å². The van der Waals surface area contributed by atoms with E-state index >= 15 is 0 Å². The predicted molar refractivity (Wildman–Crippen MR) is 74.4 cm³/mol. The van der Waals surface area contributed by atoms with E-state index in [2.05, 4.69) is 4.98 Å². The lowest BCUT2D eigenvalue weighted by Gasteiger charge is -2.04. The number of halogens is 2. The second-order valence-electron chi connectivity index (χ2n) is 3.74. The van der Waals surface area contributed by atoms with Crippen LogP contribution in [0.4, 0.5) is 0 Å². The average Bonchev–Trinajstić information content (AvgIpc) is 2.88. The minimum atomic E-state index is -0.0911. The number of rotatable bonds is 2. The third kappa shape index (κ3) is 1.82. The predicted octanol–water partition coefficient (Wildman–Crippen LogP) is 3.86. The SMILES string of the molecule is OCc1c(-c2ccc(Cl)cc2Cl)nc2sccn12. The molecular formula is C12H8Cl2N2OS. The molecule has 0 aliphatic rings. The van der Waals surface area contributed by atoms with Crippen molar-refractivity contribution < 1.29 is 5.11 Å². The number of hydrogen-bond donors (Lipinski definition) is 1. The zero-order valence-corrected chi connectivity index (χ0v) is 11.4. The van der Waals surface area contributed by atoms with Gasteiger partial charge >= 0.3 is 0 Å². The number of fused-ring (bicyclic) bond motifs is 1. The van der Waals surface area contributed by atoms with Crippen LogP contribution in [0.5, 0.6) is 0 Å². The lowest BCUT2D eigenvalue weighted by molar-refractivity contribution is 0.276. The van der Waals surface area contributed by atoms with E-state index in [0.29, 0.717) is 15.7 Å². The van der Waals surface area contributed by atoms with E-state index in [-0.39, 0.29) is 6.61 Å². The van der Waals surface area contributed by atoms with Crippen LogP contribution in [-0.2, 0) is 6.61 Å². The van der Waals surface area contributed by atoms with Crippen molar-refractivity contribution in [2.45, 2.75) is 6.61 Å². The highest BCUT2D eigenvalue weighted by Crippen LogP contribution is 2.33. The second kappa shape index (κ2) is 4.55. The standard InChI is InChI=1S/C12H8Cl2N2OS/c13-7-1-2-8(9(14)5-7)11-10(6-17)16-3-4-18-12(16)15-11/h1-5,17H,6H2. The van der Waals surface area contributed by atoms with Crippen molar-refractivity contribution in [2.75, 3.05) is 0 Å². The summed E-state index contributed by atoms with van der Waals surface area (Å²) < 4.78 is 1.87. The van der Waals surface area contributed by atoms with Crippen LogP contribution in [0.25, 0.3) is 16.2 Å². The summed E-state index contributed by atoms with van der Waals surface area (Å²) in [4.78, 5) is 5.33. The van der Waals surface area contributed by atoms with Crippen LogP contribution in [0.3, 0.4) is 0 Å². The summed E-state index contributed by atoms with van der Waals surface area (Å²) in [5.74, 6) is 0. The molecule has 0 unspecified atom stereocenters. The Bertz CT molecular complexity index is 720. The molecule has 0 aliphatic carbocycles. The molecule has 3 aromatic rings. The first-order valence-corrected chi connectivity index (χ1v) is 6.85. The van der Waals surface area contributed by atoms with Gasteiger partial charge in [0.25, 0.3) is 0 Å². The van der Waals surface area contributed by atoms with Gasteiger partial charge in [0.2, 0.25) is 0 Å². The second-order valence-corrected chi connectivity index (χ2v) is 5.46. The van der Waals surface area contributed by atoms with Gasteiger partial charge in [-0.2, -0.15) is 0 Å². The van der Waals surface area contributed by atoms with Crippen molar-refractivity contribution in [3.8, 4) is 11.3 Å². The Morgan fingerprint density at radius 2 is 2.17 bits per heavy atom. The number of thiazole rings is 1. The van der Waals surface area contributed by atoms with Gasteiger partial charge in [0.05, 0.1) is 23.0 Å². The van der Waals surface area contributed by atoms with E-state index in [0.717, 1.165) is 16.2 Å². The number of aliphatic hydroxyl groups excluding tert-OH is 1. The van der Waals surface area contributed by atoms with E-state index in [4.69, 9.17) is 23.2 Å². The highest BCUT2D eigenvalue weighted by Gasteiger charge is 2.16. The summed E-state index contributed by atoms with van der Waals surface area (Å²) in [6.45, 7) is -0.0911. The molecule has 0 atom stereocenters. The monoisotopic (exact) mass is 298 g/mol. The maximum absolute atomic E-state index is 9.51. The zero-order valence-electron chi connectivity index (χ0n) is 9.10. The van der Waals surface area contributed by atoms with E-state index in [9.17, 15) is 5.11 Å². The lowest BCUT2D eigenvalue weighted by Crippen LogP contribution is -1.92. The van der Waals surface area contributed by atoms with Crippen molar-refractivity contribution in [1.29, 1.82) is 0 Å². The molecule has 1 N–H and O–H groups in total. The van der Waals surface area contributed by atoms with Crippen LogP contribution >= 0.6 is 34.5 Å². The summed E-state index contributed by atoms with van der Waals surface area (Å²) in [6.07, 6.45) is 1.88. The van der Waals surface area contributed by atoms with E-state index in [1.165, 1.54) is 11.3 Å². The molecular weight excluding hydrogens is 291 g/mol. The first kappa shape index (κ1) is 12.0. The molecule has 0 fully saturated rings. The Kier molecular flexibility index (Phi) is 3.03. The minimum absolute atomic E-state index is 0.0911. The third-order valence-corrected chi connectivity index (χ3v) is 4.00. The van der Waals surface area contributed by atoms with Gasteiger partial charge in [0.1, 0.15) is 0 Å². The van der Waals surface area contributed by atoms with E-state index in [1.54, 1.807) is 12.1 Å². The Balaban J connectivity index is 2.27. The van der Waals surface area contributed by atoms with Crippen LogP contribution < -0.4 is 0 Å². The first-order chi connectivity index (χ1) is 8.70. The molecule has 3 rings (SSSR count). The number of hydrogen-bond acceptors (Lipinski definition) is 3. The number of aliphatic hydroxyl groups is 1. The van der Waals surface area contributed by atoms with Crippen LogP contribution in [0.15, 0.2) is 29.8 Å². The topological polar surface area (TPSA) is 37.5 Å². The lowest BCUT2D eigenvalue weighted by atomic mass is 10.1. The number of nitrogens with zero attached hydrogens (tertiary/aromatic N) is 2. The molecule has 0 bridgehead atoms. The van der Waals surface area contributed by atoms with E-state index in [1.807, 2.05) is 22.0 Å². The molecule has 0 saturated heterocycles. The number of aromatic nitrogens is 2. The fraction of sp³-hybridized carbons (Fsp3) is 0.0833. The van der Waals surface area contributed by atoms with Gasteiger partial charge in [-0.25, -0.2) is 4.98 Å².